The maximum atomic E-state index is 5.76. The van der Waals surface area contributed by atoms with Crippen molar-refractivity contribution in [2.45, 2.75) is 19.3 Å². The van der Waals surface area contributed by atoms with Gasteiger partial charge in [0.05, 0.1) is 6.61 Å². The van der Waals surface area contributed by atoms with E-state index in [1.165, 1.54) is 29.4 Å². The number of halogens is 1. The van der Waals surface area contributed by atoms with Gasteiger partial charge in [0, 0.05) is 3.57 Å². The van der Waals surface area contributed by atoms with Crippen LogP contribution in [0, 0.1) is 9.49 Å². The first kappa shape index (κ1) is 12.2. The average molecular weight is 331 g/mol. The molecule has 0 saturated carbocycles. The van der Waals surface area contributed by atoms with Crippen molar-refractivity contribution in [2.24, 2.45) is 5.92 Å². The van der Waals surface area contributed by atoms with E-state index in [0.717, 1.165) is 24.8 Å². The van der Waals surface area contributed by atoms with E-state index in [9.17, 15) is 0 Å². The number of nitrogens with one attached hydrogen (secondary N) is 1. The van der Waals surface area contributed by atoms with Gasteiger partial charge in [-0.2, -0.15) is 0 Å². The van der Waals surface area contributed by atoms with Gasteiger partial charge in [-0.25, -0.2) is 0 Å². The molecule has 16 heavy (non-hydrogen) atoms. The number of hydrogen-bond donors (Lipinski definition) is 1. The highest BCUT2D eigenvalue weighted by molar-refractivity contribution is 14.1. The van der Waals surface area contributed by atoms with Crippen LogP contribution in [-0.2, 0) is 0 Å². The summed E-state index contributed by atoms with van der Waals surface area (Å²) >= 11 is 2.31. The maximum Gasteiger partial charge on any atom is 0.120 e. The predicted octanol–water partition coefficient (Wildman–Crippen LogP) is 3.06. The number of hydrogen-bond acceptors (Lipinski definition) is 2. The molecule has 1 saturated heterocycles. The van der Waals surface area contributed by atoms with Gasteiger partial charge in [-0.1, -0.05) is 6.07 Å². The fourth-order valence-electron chi connectivity index (χ4n) is 2.07. The summed E-state index contributed by atoms with van der Waals surface area (Å²) in [5.74, 6) is 1.80. The van der Waals surface area contributed by atoms with Crippen LogP contribution in [0.25, 0.3) is 0 Å². The van der Waals surface area contributed by atoms with Crippen molar-refractivity contribution in [3.05, 3.63) is 27.8 Å². The SMILES string of the molecule is Ic1cccc(OCCC2CCCNC2)c1. The Hall–Kier alpha value is -0.290. The zero-order valence-electron chi connectivity index (χ0n) is 9.42. The summed E-state index contributed by atoms with van der Waals surface area (Å²) < 4.78 is 6.99. The van der Waals surface area contributed by atoms with Crippen LogP contribution in [0.15, 0.2) is 24.3 Å². The van der Waals surface area contributed by atoms with Crippen LogP contribution in [0.4, 0.5) is 0 Å². The van der Waals surface area contributed by atoms with Crippen molar-refractivity contribution in [3.8, 4) is 5.75 Å². The Kier molecular flexibility index (Phi) is 4.91. The molecule has 2 nitrogen and oxygen atoms in total. The van der Waals surface area contributed by atoms with Crippen LogP contribution in [0.2, 0.25) is 0 Å². The fourth-order valence-corrected chi connectivity index (χ4v) is 2.59. The Morgan fingerprint density at radius 1 is 1.44 bits per heavy atom. The molecule has 1 atom stereocenters. The third-order valence-corrected chi connectivity index (χ3v) is 3.66. The molecular formula is C13H18INO. The van der Waals surface area contributed by atoms with Gasteiger partial charge in [0.2, 0.25) is 0 Å². The van der Waals surface area contributed by atoms with Gasteiger partial charge in [-0.3, -0.25) is 0 Å². The molecular weight excluding hydrogens is 313 g/mol. The molecule has 2 rings (SSSR count). The molecule has 0 spiro atoms. The van der Waals surface area contributed by atoms with E-state index in [4.69, 9.17) is 4.74 Å². The summed E-state index contributed by atoms with van der Waals surface area (Å²) in [7, 11) is 0. The Labute approximate surface area is 111 Å². The van der Waals surface area contributed by atoms with Crippen LogP contribution in [0.3, 0.4) is 0 Å². The standard InChI is InChI=1S/C13H18INO/c14-12-4-1-5-13(9-12)16-8-6-11-3-2-7-15-10-11/h1,4-5,9,11,15H,2-3,6-8,10H2. The van der Waals surface area contributed by atoms with E-state index in [1.807, 2.05) is 12.1 Å². The van der Waals surface area contributed by atoms with Crippen LogP contribution < -0.4 is 10.1 Å². The zero-order chi connectivity index (χ0) is 11.2. The molecule has 0 radical (unpaired) electrons. The van der Waals surface area contributed by atoms with Crippen LogP contribution >= 0.6 is 22.6 Å². The highest BCUT2D eigenvalue weighted by Crippen LogP contribution is 2.17. The highest BCUT2D eigenvalue weighted by atomic mass is 127. The second kappa shape index (κ2) is 6.45. The molecule has 0 bridgehead atoms. The lowest BCUT2D eigenvalue weighted by atomic mass is 9.97. The molecule has 1 heterocycles. The van der Waals surface area contributed by atoms with Crippen LogP contribution in [-0.4, -0.2) is 19.7 Å². The van der Waals surface area contributed by atoms with Gasteiger partial charge in [0.1, 0.15) is 5.75 Å². The Balaban J connectivity index is 1.71. The number of ether oxygens (including phenoxy) is 1. The minimum atomic E-state index is 0.802. The highest BCUT2D eigenvalue weighted by Gasteiger charge is 2.12. The Bertz CT molecular complexity index is 323. The lowest BCUT2D eigenvalue weighted by Crippen LogP contribution is -2.30. The molecule has 1 unspecified atom stereocenters. The van der Waals surface area contributed by atoms with E-state index < -0.39 is 0 Å². The molecule has 0 aliphatic carbocycles. The molecule has 1 N–H and O–H groups in total. The Morgan fingerprint density at radius 3 is 3.12 bits per heavy atom. The summed E-state index contributed by atoms with van der Waals surface area (Å²) in [6.07, 6.45) is 3.83. The van der Waals surface area contributed by atoms with Crippen molar-refractivity contribution < 1.29 is 4.74 Å². The number of piperidine rings is 1. The second-order valence-electron chi connectivity index (χ2n) is 4.31. The number of benzene rings is 1. The lowest BCUT2D eigenvalue weighted by molar-refractivity contribution is 0.254. The van der Waals surface area contributed by atoms with Crippen LogP contribution in [0.1, 0.15) is 19.3 Å². The smallest absolute Gasteiger partial charge is 0.120 e. The van der Waals surface area contributed by atoms with E-state index in [2.05, 4.69) is 40.0 Å². The van der Waals surface area contributed by atoms with Gasteiger partial charge >= 0.3 is 0 Å². The molecule has 88 valence electrons. The van der Waals surface area contributed by atoms with E-state index in [1.54, 1.807) is 0 Å². The first-order valence-electron chi connectivity index (χ1n) is 5.94. The molecule has 3 heteroatoms. The monoisotopic (exact) mass is 331 g/mol. The van der Waals surface area contributed by atoms with E-state index in [-0.39, 0.29) is 0 Å². The quantitative estimate of drug-likeness (QED) is 0.857. The van der Waals surface area contributed by atoms with E-state index >= 15 is 0 Å². The van der Waals surface area contributed by atoms with Gasteiger partial charge in [-0.15, -0.1) is 0 Å². The predicted molar refractivity (Wildman–Crippen MR) is 74.9 cm³/mol. The summed E-state index contributed by atoms with van der Waals surface area (Å²) in [4.78, 5) is 0. The van der Waals surface area contributed by atoms with Gasteiger partial charge in [0.25, 0.3) is 0 Å². The summed E-state index contributed by atoms with van der Waals surface area (Å²) in [5, 5.41) is 3.44. The minimum Gasteiger partial charge on any atom is -0.494 e. The van der Waals surface area contributed by atoms with Crippen molar-refractivity contribution in [1.82, 2.24) is 5.32 Å². The summed E-state index contributed by atoms with van der Waals surface area (Å²) in [6, 6.07) is 8.23. The maximum absolute atomic E-state index is 5.76. The molecule has 1 aliphatic heterocycles. The topological polar surface area (TPSA) is 21.3 Å². The molecule has 1 aromatic rings. The van der Waals surface area contributed by atoms with Gasteiger partial charge < -0.3 is 10.1 Å². The number of rotatable bonds is 4. The average Bonchev–Trinajstić information content (AvgIpc) is 2.30. The third-order valence-electron chi connectivity index (χ3n) is 2.99. The molecule has 1 aromatic carbocycles. The minimum absolute atomic E-state index is 0.802. The van der Waals surface area contributed by atoms with Crippen molar-refractivity contribution in [1.29, 1.82) is 0 Å². The zero-order valence-corrected chi connectivity index (χ0v) is 11.6. The normalized spacial score (nSPS) is 20.7. The molecule has 1 fully saturated rings. The molecule has 1 aliphatic rings. The van der Waals surface area contributed by atoms with Gasteiger partial charge in [-0.05, 0) is 79.1 Å². The summed E-state index contributed by atoms with van der Waals surface area (Å²) in [5.41, 5.74) is 0. The van der Waals surface area contributed by atoms with Crippen molar-refractivity contribution in [3.63, 3.8) is 0 Å². The van der Waals surface area contributed by atoms with Crippen LogP contribution in [0.5, 0.6) is 5.75 Å². The van der Waals surface area contributed by atoms with Gasteiger partial charge in [0.15, 0.2) is 0 Å². The largest absolute Gasteiger partial charge is 0.494 e. The van der Waals surface area contributed by atoms with Crippen molar-refractivity contribution >= 4 is 22.6 Å². The van der Waals surface area contributed by atoms with Crippen molar-refractivity contribution in [2.75, 3.05) is 19.7 Å². The summed E-state index contributed by atoms with van der Waals surface area (Å²) in [6.45, 7) is 3.19. The first-order valence-corrected chi connectivity index (χ1v) is 7.01. The second-order valence-corrected chi connectivity index (χ2v) is 5.55. The molecule has 0 aromatic heterocycles. The third kappa shape index (κ3) is 3.94. The van der Waals surface area contributed by atoms with E-state index in [0.29, 0.717) is 0 Å². The lowest BCUT2D eigenvalue weighted by Gasteiger charge is -2.22. The first-order chi connectivity index (χ1) is 7.84. The molecule has 0 amide bonds. The fraction of sp³-hybridized carbons (Fsp3) is 0.538. The Morgan fingerprint density at radius 2 is 2.38 bits per heavy atom.